The Labute approximate surface area is 141 Å². The van der Waals surface area contributed by atoms with Crippen LogP contribution in [0.15, 0.2) is 12.4 Å². The van der Waals surface area contributed by atoms with E-state index < -0.39 is 11.0 Å². The van der Waals surface area contributed by atoms with Crippen LogP contribution in [0.3, 0.4) is 0 Å². The minimum Gasteiger partial charge on any atom is -0.390 e. The fourth-order valence-electron chi connectivity index (χ4n) is 4.09. The number of nitro groups is 1. The third kappa shape index (κ3) is 3.58. The quantitative estimate of drug-likeness (QED) is 0.649. The summed E-state index contributed by atoms with van der Waals surface area (Å²) in [5, 5.41) is 10.9. The van der Waals surface area contributed by atoms with E-state index in [1.54, 1.807) is 6.20 Å². The maximum absolute atomic E-state index is 12.6. The van der Waals surface area contributed by atoms with Gasteiger partial charge in [0.1, 0.15) is 12.4 Å². The van der Waals surface area contributed by atoms with Gasteiger partial charge in [-0.25, -0.2) is 4.57 Å². The normalized spacial score (nSPS) is 25.1. The summed E-state index contributed by atoms with van der Waals surface area (Å²) in [5.74, 6) is 1.16. The first-order valence-corrected chi connectivity index (χ1v) is 8.76. The SMILES string of the molecule is NC(CCn1ccnc1[N+](=O)[O-])C(=O)N1CCC2CCCCC2C1. The molecule has 2 aliphatic rings. The van der Waals surface area contributed by atoms with Gasteiger partial charge < -0.3 is 20.7 Å². The van der Waals surface area contributed by atoms with Crippen molar-refractivity contribution in [3.05, 3.63) is 22.5 Å². The highest BCUT2D eigenvalue weighted by Gasteiger charge is 2.34. The van der Waals surface area contributed by atoms with Crippen LogP contribution in [0.25, 0.3) is 0 Å². The van der Waals surface area contributed by atoms with Gasteiger partial charge in [0.25, 0.3) is 0 Å². The maximum Gasteiger partial charge on any atom is 0.434 e. The third-order valence-electron chi connectivity index (χ3n) is 5.46. The Morgan fingerprint density at radius 2 is 2.12 bits per heavy atom. The number of amides is 1. The molecule has 1 saturated carbocycles. The fourth-order valence-corrected chi connectivity index (χ4v) is 4.09. The smallest absolute Gasteiger partial charge is 0.390 e. The Hall–Kier alpha value is -1.96. The number of nitrogens with zero attached hydrogens (tertiary/aromatic N) is 4. The molecule has 8 heteroatoms. The van der Waals surface area contributed by atoms with Gasteiger partial charge in [0.2, 0.25) is 5.91 Å². The summed E-state index contributed by atoms with van der Waals surface area (Å²) >= 11 is 0. The second-order valence-corrected chi connectivity index (χ2v) is 6.95. The topological polar surface area (TPSA) is 107 Å². The Kier molecular flexibility index (Phi) is 5.13. The number of aromatic nitrogens is 2. The summed E-state index contributed by atoms with van der Waals surface area (Å²) in [6, 6.07) is -0.618. The maximum atomic E-state index is 12.6. The third-order valence-corrected chi connectivity index (χ3v) is 5.46. The van der Waals surface area contributed by atoms with Crippen molar-refractivity contribution in [1.29, 1.82) is 0 Å². The van der Waals surface area contributed by atoms with Crippen LogP contribution < -0.4 is 5.73 Å². The highest BCUT2D eigenvalue weighted by Crippen LogP contribution is 2.36. The van der Waals surface area contributed by atoms with Crippen LogP contribution >= 0.6 is 0 Å². The summed E-state index contributed by atoms with van der Waals surface area (Å²) in [4.78, 5) is 28.5. The lowest BCUT2D eigenvalue weighted by Gasteiger charge is -2.42. The zero-order chi connectivity index (χ0) is 17.1. The molecule has 0 bridgehead atoms. The van der Waals surface area contributed by atoms with Crippen molar-refractivity contribution in [2.45, 2.75) is 51.1 Å². The van der Waals surface area contributed by atoms with Crippen LogP contribution in [0.2, 0.25) is 0 Å². The van der Waals surface area contributed by atoms with Gasteiger partial charge in [0, 0.05) is 19.5 Å². The number of piperidine rings is 1. The van der Waals surface area contributed by atoms with E-state index in [0.29, 0.717) is 18.9 Å². The summed E-state index contributed by atoms with van der Waals surface area (Å²) in [5.41, 5.74) is 6.06. The van der Waals surface area contributed by atoms with Crippen LogP contribution in [0, 0.1) is 22.0 Å². The number of nitrogens with two attached hydrogens (primary N) is 1. The second kappa shape index (κ2) is 7.29. The van der Waals surface area contributed by atoms with Crippen LogP contribution in [-0.4, -0.2) is 44.4 Å². The number of hydrogen-bond donors (Lipinski definition) is 1. The van der Waals surface area contributed by atoms with Crippen LogP contribution in [0.5, 0.6) is 0 Å². The van der Waals surface area contributed by atoms with Gasteiger partial charge in [-0.3, -0.25) is 4.79 Å². The minimum absolute atomic E-state index is 0.0261. The van der Waals surface area contributed by atoms with Gasteiger partial charge in [-0.2, -0.15) is 0 Å². The van der Waals surface area contributed by atoms with Gasteiger partial charge in [-0.1, -0.05) is 24.2 Å². The number of likely N-dealkylation sites (tertiary alicyclic amines) is 1. The molecule has 2 N–H and O–H groups in total. The van der Waals surface area contributed by atoms with Gasteiger partial charge in [-0.05, 0) is 29.6 Å². The summed E-state index contributed by atoms with van der Waals surface area (Å²) < 4.78 is 1.43. The van der Waals surface area contributed by atoms with Crippen molar-refractivity contribution >= 4 is 11.9 Å². The molecule has 3 atom stereocenters. The Morgan fingerprint density at radius 3 is 2.88 bits per heavy atom. The van der Waals surface area contributed by atoms with Gasteiger partial charge in [-0.15, -0.1) is 0 Å². The number of rotatable bonds is 5. The standard InChI is InChI=1S/C16H25N5O3/c17-14(6-9-19-10-7-18-16(19)21(23)24)15(22)20-8-5-12-3-1-2-4-13(12)11-20/h7,10,12-14H,1-6,8-9,11,17H2. The number of fused-ring (bicyclic) bond motifs is 1. The number of carbonyl (C=O) groups is 1. The number of imidazole rings is 1. The highest BCUT2D eigenvalue weighted by molar-refractivity contribution is 5.81. The molecule has 24 heavy (non-hydrogen) atoms. The fraction of sp³-hybridized carbons (Fsp3) is 0.750. The molecule has 2 heterocycles. The largest absolute Gasteiger partial charge is 0.434 e. The zero-order valence-corrected chi connectivity index (χ0v) is 13.8. The first-order chi connectivity index (χ1) is 11.6. The Morgan fingerprint density at radius 1 is 1.38 bits per heavy atom. The summed E-state index contributed by atoms with van der Waals surface area (Å²) in [6.07, 6.45) is 9.48. The molecule has 1 aromatic heterocycles. The average molecular weight is 335 g/mol. The van der Waals surface area contributed by atoms with E-state index in [1.165, 1.54) is 36.4 Å². The van der Waals surface area contributed by atoms with Crippen molar-refractivity contribution in [3.63, 3.8) is 0 Å². The van der Waals surface area contributed by atoms with Crippen molar-refractivity contribution in [2.24, 2.45) is 17.6 Å². The van der Waals surface area contributed by atoms with E-state index in [4.69, 9.17) is 5.73 Å². The molecule has 1 amide bonds. The van der Waals surface area contributed by atoms with Crippen LogP contribution in [0.1, 0.15) is 38.5 Å². The molecule has 1 aliphatic carbocycles. The lowest BCUT2D eigenvalue weighted by molar-refractivity contribution is -0.396. The van der Waals surface area contributed by atoms with Gasteiger partial charge in [0.15, 0.2) is 0 Å². The molecule has 2 fully saturated rings. The minimum atomic E-state index is -0.618. The van der Waals surface area contributed by atoms with E-state index in [0.717, 1.165) is 25.4 Å². The van der Waals surface area contributed by atoms with Crippen LogP contribution in [0.4, 0.5) is 5.95 Å². The van der Waals surface area contributed by atoms with Crippen molar-refractivity contribution in [3.8, 4) is 0 Å². The monoisotopic (exact) mass is 335 g/mol. The molecule has 3 unspecified atom stereocenters. The Balaban J connectivity index is 1.53. The summed E-state index contributed by atoms with van der Waals surface area (Å²) in [6.45, 7) is 1.93. The van der Waals surface area contributed by atoms with E-state index in [9.17, 15) is 14.9 Å². The lowest BCUT2D eigenvalue weighted by Crippen LogP contribution is -2.50. The van der Waals surface area contributed by atoms with Crippen LogP contribution in [-0.2, 0) is 11.3 Å². The van der Waals surface area contributed by atoms with E-state index in [2.05, 4.69) is 4.98 Å². The molecule has 1 saturated heterocycles. The van der Waals surface area contributed by atoms with E-state index in [1.807, 2.05) is 4.90 Å². The van der Waals surface area contributed by atoms with Crippen molar-refractivity contribution < 1.29 is 9.72 Å². The number of hydrogen-bond acceptors (Lipinski definition) is 5. The molecule has 0 aromatic carbocycles. The van der Waals surface area contributed by atoms with Crippen molar-refractivity contribution in [2.75, 3.05) is 13.1 Å². The molecule has 0 radical (unpaired) electrons. The van der Waals surface area contributed by atoms with Gasteiger partial charge >= 0.3 is 5.95 Å². The first kappa shape index (κ1) is 16.9. The van der Waals surface area contributed by atoms with E-state index in [-0.39, 0.29) is 11.9 Å². The molecule has 132 valence electrons. The zero-order valence-electron chi connectivity index (χ0n) is 13.8. The highest BCUT2D eigenvalue weighted by atomic mass is 16.6. The molecule has 8 nitrogen and oxygen atoms in total. The molecule has 0 spiro atoms. The van der Waals surface area contributed by atoms with E-state index >= 15 is 0 Å². The number of aryl methyl sites for hydroxylation is 1. The predicted octanol–water partition coefficient (Wildman–Crippen LogP) is 1.55. The molecular formula is C16H25N5O3. The predicted molar refractivity (Wildman–Crippen MR) is 88.1 cm³/mol. The average Bonchev–Trinajstić information content (AvgIpc) is 3.07. The van der Waals surface area contributed by atoms with Gasteiger partial charge in [0.05, 0.1) is 12.6 Å². The molecule has 3 rings (SSSR count). The molecule has 1 aliphatic heterocycles. The lowest BCUT2D eigenvalue weighted by atomic mass is 9.75. The summed E-state index contributed by atoms with van der Waals surface area (Å²) in [7, 11) is 0. The number of carbonyl (C=O) groups excluding carboxylic acids is 1. The molecule has 1 aromatic rings. The molecular weight excluding hydrogens is 310 g/mol. The Bertz CT molecular complexity index is 602. The van der Waals surface area contributed by atoms with Crippen molar-refractivity contribution in [1.82, 2.24) is 14.5 Å². The second-order valence-electron chi connectivity index (χ2n) is 6.95. The first-order valence-electron chi connectivity index (χ1n) is 8.76.